The molecule has 1 N–H and O–H groups in total. The third kappa shape index (κ3) is 4.36. The van der Waals surface area contributed by atoms with Crippen LogP contribution < -0.4 is 26.3 Å². The van der Waals surface area contributed by atoms with E-state index in [2.05, 4.69) is 15.6 Å². The zero-order valence-corrected chi connectivity index (χ0v) is 13.8. The SMILES string of the molecule is Cc1csc(=NN=Cc2cc[n+](CCO)cc2)n1C.[Br-]. The third-order valence-corrected chi connectivity index (χ3v) is 3.80. The first-order chi connectivity index (χ1) is 9.20. The van der Waals surface area contributed by atoms with Gasteiger partial charge in [-0.25, -0.2) is 4.57 Å². The summed E-state index contributed by atoms with van der Waals surface area (Å²) in [7, 11) is 1.97. The number of nitrogens with zero attached hydrogens (tertiary/aromatic N) is 4. The summed E-state index contributed by atoms with van der Waals surface area (Å²) in [5.41, 5.74) is 2.15. The van der Waals surface area contributed by atoms with Gasteiger partial charge >= 0.3 is 0 Å². The monoisotopic (exact) mass is 356 g/mol. The van der Waals surface area contributed by atoms with Crippen LogP contribution in [0.15, 0.2) is 40.1 Å². The highest BCUT2D eigenvalue weighted by Crippen LogP contribution is 1.96. The predicted molar refractivity (Wildman–Crippen MR) is 74.9 cm³/mol. The van der Waals surface area contributed by atoms with Gasteiger partial charge in [0.2, 0.25) is 4.80 Å². The van der Waals surface area contributed by atoms with E-state index in [4.69, 9.17) is 5.11 Å². The van der Waals surface area contributed by atoms with Crippen LogP contribution in [-0.2, 0) is 13.6 Å². The summed E-state index contributed by atoms with van der Waals surface area (Å²) in [6, 6.07) is 3.88. The Morgan fingerprint density at radius 2 is 2.10 bits per heavy atom. The lowest BCUT2D eigenvalue weighted by Crippen LogP contribution is -3.00. The van der Waals surface area contributed by atoms with E-state index < -0.39 is 0 Å². The van der Waals surface area contributed by atoms with Gasteiger partial charge in [0.05, 0.1) is 6.21 Å². The van der Waals surface area contributed by atoms with Crippen molar-refractivity contribution in [2.24, 2.45) is 17.3 Å². The van der Waals surface area contributed by atoms with E-state index in [1.54, 1.807) is 17.6 Å². The van der Waals surface area contributed by atoms with Crippen molar-refractivity contribution in [1.82, 2.24) is 4.57 Å². The smallest absolute Gasteiger partial charge is 0.210 e. The lowest BCUT2D eigenvalue weighted by atomic mass is 10.3. The summed E-state index contributed by atoms with van der Waals surface area (Å²) in [5.74, 6) is 0. The second-order valence-electron chi connectivity index (χ2n) is 4.16. The van der Waals surface area contributed by atoms with Gasteiger partial charge in [-0.2, -0.15) is 5.10 Å². The highest BCUT2D eigenvalue weighted by molar-refractivity contribution is 7.07. The van der Waals surface area contributed by atoms with Crippen LogP contribution in [0.4, 0.5) is 0 Å². The summed E-state index contributed by atoms with van der Waals surface area (Å²) in [6.07, 6.45) is 5.54. The fraction of sp³-hybridized carbons (Fsp3) is 0.308. The van der Waals surface area contributed by atoms with Gasteiger partial charge in [-0.3, -0.25) is 0 Å². The number of aromatic nitrogens is 2. The number of pyridine rings is 1. The van der Waals surface area contributed by atoms with E-state index in [1.165, 1.54) is 5.69 Å². The first-order valence-corrected chi connectivity index (χ1v) is 6.87. The molecule has 20 heavy (non-hydrogen) atoms. The minimum absolute atomic E-state index is 0. The number of thiazole rings is 1. The van der Waals surface area contributed by atoms with Crippen LogP contribution in [0, 0.1) is 6.92 Å². The lowest BCUT2D eigenvalue weighted by molar-refractivity contribution is -0.698. The van der Waals surface area contributed by atoms with Gasteiger partial charge in [0.1, 0.15) is 6.61 Å². The number of halogens is 1. The largest absolute Gasteiger partial charge is 1.00 e. The molecule has 0 unspecified atom stereocenters. The van der Waals surface area contributed by atoms with Gasteiger partial charge in [-0.05, 0) is 6.92 Å². The molecule has 0 fully saturated rings. The molecule has 0 amide bonds. The van der Waals surface area contributed by atoms with E-state index in [1.807, 2.05) is 47.6 Å². The fourth-order valence-corrected chi connectivity index (χ4v) is 2.33. The molecule has 0 saturated heterocycles. The zero-order valence-electron chi connectivity index (χ0n) is 11.4. The Kier molecular flexibility index (Phi) is 6.77. The number of rotatable bonds is 4. The highest BCUT2D eigenvalue weighted by Gasteiger charge is 1.97. The first-order valence-electron chi connectivity index (χ1n) is 5.99. The zero-order chi connectivity index (χ0) is 13.7. The van der Waals surface area contributed by atoms with Crippen LogP contribution in [0.5, 0.6) is 0 Å². The van der Waals surface area contributed by atoms with E-state index in [0.29, 0.717) is 6.54 Å². The second-order valence-corrected chi connectivity index (χ2v) is 4.99. The van der Waals surface area contributed by atoms with Gasteiger partial charge in [0.25, 0.3) is 0 Å². The Labute approximate surface area is 132 Å². The van der Waals surface area contributed by atoms with E-state index in [9.17, 15) is 0 Å². The van der Waals surface area contributed by atoms with Crippen LogP contribution in [0.2, 0.25) is 0 Å². The molecular formula is C13H17BrN4OS. The van der Waals surface area contributed by atoms with Crippen molar-refractivity contribution < 1.29 is 26.7 Å². The molecule has 0 radical (unpaired) electrons. The summed E-state index contributed by atoms with van der Waals surface area (Å²) >= 11 is 1.57. The average molecular weight is 357 g/mol. The van der Waals surface area contributed by atoms with E-state index >= 15 is 0 Å². The predicted octanol–water partition coefficient (Wildman–Crippen LogP) is -2.39. The summed E-state index contributed by atoms with van der Waals surface area (Å²) in [5, 5.41) is 19.1. The van der Waals surface area contributed by atoms with Crippen LogP contribution in [0.1, 0.15) is 11.3 Å². The summed E-state index contributed by atoms with van der Waals surface area (Å²) < 4.78 is 3.92. The normalized spacial score (nSPS) is 11.8. The maximum atomic E-state index is 8.82. The van der Waals surface area contributed by atoms with Crippen molar-refractivity contribution in [3.63, 3.8) is 0 Å². The minimum atomic E-state index is 0. The average Bonchev–Trinajstić information content (AvgIpc) is 2.73. The molecule has 2 aromatic rings. The molecule has 108 valence electrons. The van der Waals surface area contributed by atoms with Crippen LogP contribution in [0.3, 0.4) is 0 Å². The Balaban J connectivity index is 0.00000200. The standard InChI is InChI=1S/C13H17N4OS.BrH/c1-11-10-19-13(16(11)2)15-14-9-12-3-5-17(6-4-12)7-8-18;/h3-6,9-10,18H,7-8H2,1-2H3;1H/q+1;/p-1. The van der Waals surface area contributed by atoms with E-state index in [0.717, 1.165) is 10.4 Å². The van der Waals surface area contributed by atoms with Gasteiger partial charge in [0.15, 0.2) is 18.9 Å². The van der Waals surface area contributed by atoms with Crippen molar-refractivity contribution in [3.8, 4) is 0 Å². The fourth-order valence-electron chi connectivity index (χ4n) is 1.50. The van der Waals surface area contributed by atoms with Crippen LogP contribution in [0.25, 0.3) is 0 Å². The van der Waals surface area contributed by atoms with Crippen molar-refractivity contribution >= 4 is 17.6 Å². The quantitative estimate of drug-likeness (QED) is 0.371. The van der Waals surface area contributed by atoms with Gasteiger partial charge in [0, 0.05) is 35.8 Å². The molecule has 7 heteroatoms. The molecule has 2 rings (SSSR count). The van der Waals surface area contributed by atoms with Gasteiger partial charge in [-0.1, -0.05) is 0 Å². The van der Waals surface area contributed by atoms with Crippen molar-refractivity contribution in [3.05, 3.63) is 46.0 Å². The Morgan fingerprint density at radius 1 is 1.40 bits per heavy atom. The Bertz CT molecular complexity index is 631. The Hall–Kier alpha value is -1.31. The Morgan fingerprint density at radius 3 is 2.65 bits per heavy atom. The number of hydrogen-bond acceptors (Lipinski definition) is 4. The molecule has 0 saturated carbocycles. The third-order valence-electron chi connectivity index (χ3n) is 2.78. The summed E-state index contributed by atoms with van der Waals surface area (Å²) in [6.45, 7) is 2.78. The molecule has 2 aromatic heterocycles. The first kappa shape index (κ1) is 16.7. The van der Waals surface area contributed by atoms with Crippen LogP contribution in [-0.4, -0.2) is 22.5 Å². The lowest BCUT2D eigenvalue weighted by Gasteiger charge is -1.93. The minimum Gasteiger partial charge on any atom is -1.00 e. The molecule has 0 aromatic carbocycles. The molecule has 0 spiro atoms. The summed E-state index contributed by atoms with van der Waals surface area (Å²) in [4.78, 5) is 0.875. The van der Waals surface area contributed by atoms with Crippen molar-refractivity contribution in [2.45, 2.75) is 13.5 Å². The van der Waals surface area contributed by atoms with Crippen LogP contribution >= 0.6 is 11.3 Å². The maximum Gasteiger partial charge on any atom is 0.210 e. The molecule has 0 bridgehead atoms. The van der Waals surface area contributed by atoms with E-state index in [-0.39, 0.29) is 23.6 Å². The number of hydrogen-bond donors (Lipinski definition) is 1. The number of aliphatic hydroxyl groups is 1. The molecule has 0 aliphatic carbocycles. The second kappa shape index (κ2) is 8.08. The van der Waals surface area contributed by atoms with Gasteiger partial charge < -0.3 is 26.7 Å². The molecule has 0 atom stereocenters. The molecule has 2 heterocycles. The van der Waals surface area contributed by atoms with Crippen molar-refractivity contribution in [1.29, 1.82) is 0 Å². The molecule has 5 nitrogen and oxygen atoms in total. The molecular weight excluding hydrogens is 340 g/mol. The highest BCUT2D eigenvalue weighted by atomic mass is 79.9. The number of aliphatic hydroxyl groups excluding tert-OH is 1. The molecule has 0 aliphatic rings. The van der Waals surface area contributed by atoms with Gasteiger partial charge in [-0.15, -0.1) is 16.4 Å². The number of aryl methyl sites for hydroxylation is 1. The molecule has 0 aliphatic heterocycles. The maximum absolute atomic E-state index is 8.82. The van der Waals surface area contributed by atoms with Crippen molar-refractivity contribution in [2.75, 3.05) is 6.61 Å². The topological polar surface area (TPSA) is 53.8 Å².